The van der Waals surface area contributed by atoms with Crippen molar-refractivity contribution in [3.63, 3.8) is 0 Å². The molecule has 1 atom stereocenters. The molecule has 0 heterocycles. The molecule has 0 amide bonds. The van der Waals surface area contributed by atoms with Gasteiger partial charge in [-0.25, -0.2) is 0 Å². The lowest BCUT2D eigenvalue weighted by Crippen LogP contribution is -2.24. The van der Waals surface area contributed by atoms with Crippen molar-refractivity contribution in [1.82, 2.24) is 0 Å². The fourth-order valence-corrected chi connectivity index (χ4v) is 1.53. The van der Waals surface area contributed by atoms with Crippen molar-refractivity contribution in [1.29, 1.82) is 0 Å². The van der Waals surface area contributed by atoms with Crippen LogP contribution in [0, 0.1) is 0 Å². The highest BCUT2D eigenvalue weighted by Crippen LogP contribution is 2.25. The first-order valence-electron chi connectivity index (χ1n) is 5.28. The van der Waals surface area contributed by atoms with Crippen LogP contribution in [0.25, 0.3) is 0 Å². The van der Waals surface area contributed by atoms with E-state index in [0.717, 1.165) is 11.3 Å². The van der Waals surface area contributed by atoms with Crippen LogP contribution in [0.3, 0.4) is 0 Å². The minimum absolute atomic E-state index is 0.104. The second-order valence-electron chi connectivity index (χ2n) is 4.03. The molecule has 0 radical (unpaired) electrons. The lowest BCUT2D eigenvalue weighted by molar-refractivity contribution is 0.120. The number of benzene rings is 1. The van der Waals surface area contributed by atoms with Crippen molar-refractivity contribution in [2.75, 3.05) is 0 Å². The van der Waals surface area contributed by atoms with E-state index in [1.807, 2.05) is 31.2 Å². The van der Waals surface area contributed by atoms with Gasteiger partial charge < -0.3 is 10.5 Å². The first-order chi connectivity index (χ1) is 6.75. The third-order valence-electron chi connectivity index (χ3n) is 2.76. The normalized spacial score (nSPS) is 18.7. The number of hydrogen-bond donors (Lipinski definition) is 1. The molecule has 1 aliphatic rings. The van der Waals surface area contributed by atoms with Crippen molar-refractivity contribution >= 4 is 0 Å². The topological polar surface area (TPSA) is 35.2 Å². The summed E-state index contributed by atoms with van der Waals surface area (Å²) in [6, 6.07) is 8.21. The van der Waals surface area contributed by atoms with Gasteiger partial charge in [-0.3, -0.25) is 0 Å². The van der Waals surface area contributed by atoms with Gasteiger partial charge in [0.25, 0.3) is 0 Å². The molecule has 1 fully saturated rings. The molecule has 1 saturated carbocycles. The van der Waals surface area contributed by atoms with Gasteiger partial charge in [0.05, 0.1) is 6.10 Å². The smallest absolute Gasteiger partial charge is 0.119 e. The molecule has 1 aromatic carbocycles. The van der Waals surface area contributed by atoms with Gasteiger partial charge in [0.2, 0.25) is 0 Å². The lowest BCUT2D eigenvalue weighted by Gasteiger charge is -2.26. The molecule has 2 N–H and O–H groups in total. The van der Waals surface area contributed by atoms with Crippen LogP contribution < -0.4 is 10.5 Å². The maximum Gasteiger partial charge on any atom is 0.119 e. The summed E-state index contributed by atoms with van der Waals surface area (Å²) in [7, 11) is 0. The first kappa shape index (κ1) is 9.53. The fraction of sp³-hybridized carbons (Fsp3) is 0.500. The standard InChI is InChI=1S/C12H17NO/c1-9(13)10-5-7-12(8-6-10)14-11-3-2-4-11/h5-9,11H,2-4,13H2,1H3. The van der Waals surface area contributed by atoms with Crippen LogP contribution in [0.2, 0.25) is 0 Å². The Morgan fingerprint density at radius 2 is 1.93 bits per heavy atom. The Balaban J connectivity index is 1.98. The third-order valence-corrected chi connectivity index (χ3v) is 2.76. The quantitative estimate of drug-likeness (QED) is 0.797. The number of ether oxygens (including phenoxy) is 1. The van der Waals surface area contributed by atoms with E-state index in [1.54, 1.807) is 0 Å². The summed E-state index contributed by atoms with van der Waals surface area (Å²) >= 11 is 0. The molecular formula is C12H17NO. The molecule has 0 saturated heterocycles. The molecule has 2 rings (SSSR count). The maximum absolute atomic E-state index is 5.76. The molecule has 0 aliphatic heterocycles. The van der Waals surface area contributed by atoms with E-state index < -0.39 is 0 Å². The van der Waals surface area contributed by atoms with Crippen LogP contribution in [0.1, 0.15) is 37.8 Å². The van der Waals surface area contributed by atoms with E-state index in [4.69, 9.17) is 10.5 Å². The molecule has 1 aliphatic carbocycles. The average Bonchev–Trinajstić information content (AvgIpc) is 2.12. The van der Waals surface area contributed by atoms with Crippen LogP contribution in [0.5, 0.6) is 5.75 Å². The second kappa shape index (κ2) is 4.01. The monoisotopic (exact) mass is 191 g/mol. The van der Waals surface area contributed by atoms with Crippen LogP contribution in [-0.4, -0.2) is 6.10 Å². The van der Waals surface area contributed by atoms with Crippen LogP contribution in [-0.2, 0) is 0 Å². The van der Waals surface area contributed by atoms with Gasteiger partial charge in [-0.15, -0.1) is 0 Å². The van der Waals surface area contributed by atoms with Crippen molar-refractivity contribution in [3.8, 4) is 5.75 Å². The molecule has 14 heavy (non-hydrogen) atoms. The van der Waals surface area contributed by atoms with E-state index in [2.05, 4.69) is 0 Å². The van der Waals surface area contributed by atoms with E-state index in [1.165, 1.54) is 19.3 Å². The fourth-order valence-electron chi connectivity index (χ4n) is 1.53. The molecular weight excluding hydrogens is 174 g/mol. The summed E-state index contributed by atoms with van der Waals surface area (Å²) in [4.78, 5) is 0. The summed E-state index contributed by atoms with van der Waals surface area (Å²) in [6.45, 7) is 1.99. The van der Waals surface area contributed by atoms with Crippen LogP contribution >= 0.6 is 0 Å². The highest BCUT2D eigenvalue weighted by Gasteiger charge is 2.18. The Bertz CT molecular complexity index is 288. The van der Waals surface area contributed by atoms with Gasteiger partial charge in [-0.2, -0.15) is 0 Å². The van der Waals surface area contributed by atoms with Crippen molar-refractivity contribution in [2.24, 2.45) is 5.73 Å². The molecule has 1 unspecified atom stereocenters. The minimum Gasteiger partial charge on any atom is -0.490 e. The Morgan fingerprint density at radius 1 is 1.29 bits per heavy atom. The van der Waals surface area contributed by atoms with Gasteiger partial charge in [-0.05, 0) is 43.9 Å². The lowest BCUT2D eigenvalue weighted by atomic mass is 9.96. The van der Waals surface area contributed by atoms with E-state index in [-0.39, 0.29) is 6.04 Å². The summed E-state index contributed by atoms with van der Waals surface area (Å²) in [5.41, 5.74) is 6.92. The summed E-state index contributed by atoms with van der Waals surface area (Å²) in [5.74, 6) is 0.971. The Labute approximate surface area is 85.1 Å². The van der Waals surface area contributed by atoms with Gasteiger partial charge >= 0.3 is 0 Å². The minimum atomic E-state index is 0.104. The number of rotatable bonds is 3. The molecule has 0 spiro atoms. The van der Waals surface area contributed by atoms with Gasteiger partial charge in [0.1, 0.15) is 5.75 Å². The zero-order valence-corrected chi connectivity index (χ0v) is 8.57. The van der Waals surface area contributed by atoms with Crippen molar-refractivity contribution < 1.29 is 4.74 Å². The first-order valence-corrected chi connectivity index (χ1v) is 5.28. The summed E-state index contributed by atoms with van der Waals surface area (Å²) in [5, 5.41) is 0. The molecule has 2 heteroatoms. The van der Waals surface area contributed by atoms with Gasteiger partial charge in [0.15, 0.2) is 0 Å². The second-order valence-corrected chi connectivity index (χ2v) is 4.03. The maximum atomic E-state index is 5.76. The highest BCUT2D eigenvalue weighted by molar-refractivity contribution is 5.29. The molecule has 0 bridgehead atoms. The van der Waals surface area contributed by atoms with Gasteiger partial charge in [0, 0.05) is 6.04 Å². The summed E-state index contributed by atoms with van der Waals surface area (Å²) in [6.07, 6.45) is 4.17. The van der Waals surface area contributed by atoms with Crippen LogP contribution in [0.4, 0.5) is 0 Å². The van der Waals surface area contributed by atoms with E-state index >= 15 is 0 Å². The largest absolute Gasteiger partial charge is 0.490 e. The Hall–Kier alpha value is -1.02. The Morgan fingerprint density at radius 3 is 2.36 bits per heavy atom. The van der Waals surface area contributed by atoms with Gasteiger partial charge in [-0.1, -0.05) is 12.1 Å². The molecule has 1 aromatic rings. The van der Waals surface area contributed by atoms with Crippen molar-refractivity contribution in [3.05, 3.63) is 29.8 Å². The number of hydrogen-bond acceptors (Lipinski definition) is 2. The Kier molecular flexibility index (Phi) is 2.73. The highest BCUT2D eigenvalue weighted by atomic mass is 16.5. The number of nitrogens with two attached hydrogens (primary N) is 1. The summed E-state index contributed by atoms with van der Waals surface area (Å²) < 4.78 is 5.74. The predicted molar refractivity (Wildman–Crippen MR) is 57.3 cm³/mol. The average molecular weight is 191 g/mol. The van der Waals surface area contributed by atoms with Crippen LogP contribution in [0.15, 0.2) is 24.3 Å². The SMILES string of the molecule is CC(N)c1ccc(OC2CCC2)cc1. The molecule has 76 valence electrons. The molecule has 0 aromatic heterocycles. The molecule has 2 nitrogen and oxygen atoms in total. The van der Waals surface area contributed by atoms with E-state index in [0.29, 0.717) is 6.10 Å². The predicted octanol–water partition coefficient (Wildman–Crippen LogP) is 2.64. The zero-order chi connectivity index (χ0) is 9.97. The zero-order valence-electron chi connectivity index (χ0n) is 8.57. The van der Waals surface area contributed by atoms with E-state index in [9.17, 15) is 0 Å². The van der Waals surface area contributed by atoms with Crippen molar-refractivity contribution in [2.45, 2.75) is 38.3 Å². The third kappa shape index (κ3) is 2.07.